The highest BCUT2D eigenvalue weighted by atomic mass is 35.5. The molecule has 0 saturated heterocycles. The van der Waals surface area contributed by atoms with Gasteiger partial charge in [0.25, 0.3) is 0 Å². The molecule has 3 aromatic rings. The third kappa shape index (κ3) is 3.00. The summed E-state index contributed by atoms with van der Waals surface area (Å²) in [5, 5.41) is 12.4. The van der Waals surface area contributed by atoms with E-state index in [4.69, 9.17) is 16.7 Å². The van der Waals surface area contributed by atoms with Gasteiger partial charge >= 0.3 is 6.09 Å². The number of halogens is 1. The highest BCUT2D eigenvalue weighted by Crippen LogP contribution is 2.42. The number of para-hydroxylation sites is 2. The predicted molar refractivity (Wildman–Crippen MR) is 106 cm³/mol. The van der Waals surface area contributed by atoms with Crippen LogP contribution in [0.3, 0.4) is 0 Å². The van der Waals surface area contributed by atoms with E-state index in [0.717, 1.165) is 40.5 Å². The van der Waals surface area contributed by atoms with Gasteiger partial charge in [-0.2, -0.15) is 0 Å². The van der Waals surface area contributed by atoms with E-state index < -0.39 is 6.09 Å². The summed E-state index contributed by atoms with van der Waals surface area (Å²) in [6.45, 7) is 0.862. The first-order valence-corrected chi connectivity index (χ1v) is 8.75. The molecule has 0 radical (unpaired) electrons. The molecule has 4 nitrogen and oxygen atoms in total. The van der Waals surface area contributed by atoms with Crippen LogP contribution >= 0.6 is 11.6 Å². The monoisotopic (exact) mass is 364 g/mol. The lowest BCUT2D eigenvalue weighted by Crippen LogP contribution is -2.14. The maximum absolute atomic E-state index is 11.2. The normalized spacial score (nSPS) is 12.7. The van der Waals surface area contributed by atoms with Crippen molar-refractivity contribution in [3.05, 3.63) is 77.3 Å². The predicted octanol–water partition coefficient (Wildman–Crippen LogP) is 5.79. The van der Waals surface area contributed by atoms with Crippen molar-refractivity contribution in [2.45, 2.75) is 6.42 Å². The van der Waals surface area contributed by atoms with E-state index in [2.05, 4.69) is 16.3 Å². The maximum atomic E-state index is 11.2. The number of rotatable bonds is 3. The van der Waals surface area contributed by atoms with Crippen LogP contribution in [-0.2, 0) is 6.42 Å². The number of anilines is 3. The average Bonchev–Trinajstić information content (AvgIpc) is 3.04. The molecule has 0 unspecified atom stereocenters. The Morgan fingerprint density at radius 3 is 2.50 bits per heavy atom. The van der Waals surface area contributed by atoms with Crippen LogP contribution in [0.15, 0.2) is 66.7 Å². The zero-order chi connectivity index (χ0) is 18.1. The molecular weight excluding hydrogens is 348 g/mol. The molecule has 0 spiro atoms. The van der Waals surface area contributed by atoms with Crippen molar-refractivity contribution in [3.63, 3.8) is 0 Å². The summed E-state index contributed by atoms with van der Waals surface area (Å²) in [4.78, 5) is 13.4. The topological polar surface area (TPSA) is 52.6 Å². The van der Waals surface area contributed by atoms with Crippen LogP contribution < -0.4 is 10.2 Å². The number of hydrogen-bond acceptors (Lipinski definition) is 2. The number of carboxylic acid groups (broad SMARTS) is 1. The number of nitrogens with one attached hydrogen (secondary N) is 1. The van der Waals surface area contributed by atoms with Crippen molar-refractivity contribution in [2.24, 2.45) is 0 Å². The van der Waals surface area contributed by atoms with E-state index in [9.17, 15) is 4.79 Å². The molecule has 3 aromatic carbocycles. The largest absolute Gasteiger partial charge is 0.465 e. The van der Waals surface area contributed by atoms with Crippen LogP contribution in [0.4, 0.5) is 21.9 Å². The summed E-state index contributed by atoms with van der Waals surface area (Å²) in [6, 6.07) is 21.5. The lowest BCUT2D eigenvalue weighted by Gasteiger charge is -2.24. The Kier molecular flexibility index (Phi) is 4.27. The van der Waals surface area contributed by atoms with Crippen molar-refractivity contribution < 1.29 is 9.90 Å². The number of hydrogen-bond donors (Lipinski definition) is 2. The second kappa shape index (κ2) is 6.73. The molecule has 0 fully saturated rings. The van der Waals surface area contributed by atoms with Crippen molar-refractivity contribution in [2.75, 3.05) is 16.8 Å². The number of amides is 1. The van der Waals surface area contributed by atoms with Gasteiger partial charge in [-0.1, -0.05) is 48.0 Å². The number of benzene rings is 3. The summed E-state index contributed by atoms with van der Waals surface area (Å²) in [7, 11) is 0. The molecule has 130 valence electrons. The van der Waals surface area contributed by atoms with Crippen molar-refractivity contribution >= 4 is 34.8 Å². The molecule has 0 bridgehead atoms. The lowest BCUT2D eigenvalue weighted by atomic mass is 10.0. The van der Waals surface area contributed by atoms with E-state index in [1.807, 2.05) is 54.6 Å². The Morgan fingerprint density at radius 2 is 1.69 bits per heavy atom. The van der Waals surface area contributed by atoms with Crippen LogP contribution in [0.25, 0.3) is 11.1 Å². The Hall–Kier alpha value is -2.98. The molecule has 5 heteroatoms. The zero-order valence-corrected chi connectivity index (χ0v) is 14.7. The minimum absolute atomic E-state index is 0.572. The van der Waals surface area contributed by atoms with Gasteiger partial charge in [-0.05, 0) is 42.3 Å². The molecule has 0 saturated carbocycles. The fourth-order valence-corrected chi connectivity index (χ4v) is 3.69. The lowest BCUT2D eigenvalue weighted by molar-refractivity contribution is 0.210. The van der Waals surface area contributed by atoms with Crippen molar-refractivity contribution in [3.8, 4) is 11.1 Å². The number of nitrogens with zero attached hydrogens (tertiary/aromatic N) is 1. The van der Waals surface area contributed by atoms with Gasteiger partial charge in [0.15, 0.2) is 0 Å². The van der Waals surface area contributed by atoms with Gasteiger partial charge in [-0.25, -0.2) is 4.79 Å². The minimum atomic E-state index is -1.07. The van der Waals surface area contributed by atoms with Gasteiger partial charge in [0.05, 0.1) is 5.69 Å². The number of fused-ring (bicyclic) bond motifs is 1. The van der Waals surface area contributed by atoms with E-state index in [1.54, 1.807) is 6.07 Å². The van der Waals surface area contributed by atoms with Gasteiger partial charge in [-0.3, -0.25) is 5.32 Å². The maximum Gasteiger partial charge on any atom is 0.409 e. The van der Waals surface area contributed by atoms with Crippen LogP contribution in [0.1, 0.15) is 5.56 Å². The minimum Gasteiger partial charge on any atom is -0.465 e. The average molecular weight is 365 g/mol. The second-order valence-corrected chi connectivity index (χ2v) is 6.60. The van der Waals surface area contributed by atoms with E-state index in [0.29, 0.717) is 5.69 Å². The summed E-state index contributed by atoms with van der Waals surface area (Å²) >= 11 is 6.13. The first-order valence-electron chi connectivity index (χ1n) is 8.38. The fourth-order valence-electron chi connectivity index (χ4n) is 3.50. The zero-order valence-electron chi connectivity index (χ0n) is 13.9. The molecular formula is C21H17ClN2O2. The molecule has 0 aromatic heterocycles. The van der Waals surface area contributed by atoms with Crippen LogP contribution in [0.5, 0.6) is 0 Å². The van der Waals surface area contributed by atoms with Crippen LogP contribution in [0, 0.1) is 0 Å². The van der Waals surface area contributed by atoms with Gasteiger partial charge in [0.2, 0.25) is 0 Å². The molecule has 1 aliphatic heterocycles. The van der Waals surface area contributed by atoms with Crippen molar-refractivity contribution in [1.82, 2.24) is 0 Å². The third-order valence-electron chi connectivity index (χ3n) is 4.59. The summed E-state index contributed by atoms with van der Waals surface area (Å²) < 4.78 is 0. The standard InChI is InChI=1S/C21H17ClN2O2/c22-15-9-10-19-14(13-15)11-12-24(19)20-8-4-2-6-17(20)16-5-1-3-7-18(16)23-21(25)26/h1-10,13,23H,11-12H2,(H,25,26). The summed E-state index contributed by atoms with van der Waals surface area (Å²) in [6.07, 6.45) is -0.143. The highest BCUT2D eigenvalue weighted by Gasteiger charge is 2.23. The molecule has 1 heterocycles. The first-order chi connectivity index (χ1) is 12.6. The van der Waals surface area contributed by atoms with Gasteiger partial charge < -0.3 is 10.0 Å². The fraction of sp³-hybridized carbons (Fsp3) is 0.0952. The Bertz CT molecular complexity index is 987. The molecule has 1 aliphatic rings. The number of carbonyl (C=O) groups is 1. The molecule has 26 heavy (non-hydrogen) atoms. The van der Waals surface area contributed by atoms with Gasteiger partial charge in [0, 0.05) is 34.1 Å². The summed E-state index contributed by atoms with van der Waals surface area (Å²) in [5.41, 5.74) is 5.83. The Labute approximate surface area is 156 Å². The van der Waals surface area contributed by atoms with Crippen molar-refractivity contribution in [1.29, 1.82) is 0 Å². The Balaban J connectivity index is 1.82. The quantitative estimate of drug-likeness (QED) is 0.618. The first kappa shape index (κ1) is 16.5. The summed E-state index contributed by atoms with van der Waals surface area (Å²) in [5.74, 6) is 0. The molecule has 0 aliphatic carbocycles. The van der Waals surface area contributed by atoms with Crippen LogP contribution in [0.2, 0.25) is 5.02 Å². The van der Waals surface area contributed by atoms with Gasteiger partial charge in [-0.15, -0.1) is 0 Å². The SMILES string of the molecule is O=C(O)Nc1ccccc1-c1ccccc1N1CCc2cc(Cl)ccc21. The molecule has 2 N–H and O–H groups in total. The van der Waals surface area contributed by atoms with E-state index >= 15 is 0 Å². The molecule has 4 rings (SSSR count). The third-order valence-corrected chi connectivity index (χ3v) is 4.83. The van der Waals surface area contributed by atoms with Crippen LogP contribution in [-0.4, -0.2) is 17.7 Å². The van der Waals surface area contributed by atoms with Gasteiger partial charge in [0.1, 0.15) is 0 Å². The highest BCUT2D eigenvalue weighted by molar-refractivity contribution is 6.30. The Morgan fingerprint density at radius 1 is 0.962 bits per heavy atom. The second-order valence-electron chi connectivity index (χ2n) is 6.17. The molecule has 1 amide bonds. The smallest absolute Gasteiger partial charge is 0.409 e. The molecule has 0 atom stereocenters. The van der Waals surface area contributed by atoms with E-state index in [1.165, 1.54) is 5.56 Å². The van der Waals surface area contributed by atoms with E-state index in [-0.39, 0.29) is 0 Å².